The Bertz CT molecular complexity index is 659. The number of benzene rings is 2. The van der Waals surface area contributed by atoms with Crippen molar-refractivity contribution in [3.8, 4) is 5.75 Å². The molecule has 2 aromatic carbocycles. The smallest absolute Gasteiger partial charge is 0.338 e. The zero-order valence-electron chi connectivity index (χ0n) is 10.1. The first-order valence-electron chi connectivity index (χ1n) is 5.57. The highest BCUT2D eigenvalue weighted by Gasteiger charge is 2.11. The van der Waals surface area contributed by atoms with E-state index in [0.29, 0.717) is 5.56 Å². The molecule has 0 saturated carbocycles. The van der Waals surface area contributed by atoms with Crippen molar-refractivity contribution < 1.29 is 23.4 Å². The Labute approximate surface area is 118 Å². The molecule has 0 aliphatic carbocycles. The fraction of sp³-hybridized carbons (Fsp3) is 0.0714. The average molecular weight is 299 g/mol. The lowest BCUT2D eigenvalue weighted by Gasteiger charge is -2.08. The van der Waals surface area contributed by atoms with Crippen molar-refractivity contribution in [1.82, 2.24) is 0 Å². The highest BCUT2D eigenvalue weighted by atomic mass is 35.5. The summed E-state index contributed by atoms with van der Waals surface area (Å²) >= 11 is 5.82. The van der Waals surface area contributed by atoms with Gasteiger partial charge in [-0.1, -0.05) is 17.7 Å². The molecule has 0 aromatic heterocycles. The number of carboxylic acids is 1. The molecule has 3 nitrogen and oxygen atoms in total. The Hall–Kier alpha value is -2.14. The van der Waals surface area contributed by atoms with Gasteiger partial charge in [-0.05, 0) is 24.3 Å². The van der Waals surface area contributed by atoms with Crippen LogP contribution in [0.5, 0.6) is 5.75 Å². The Kier molecular flexibility index (Phi) is 4.20. The summed E-state index contributed by atoms with van der Waals surface area (Å²) in [5.74, 6) is -2.54. The van der Waals surface area contributed by atoms with Gasteiger partial charge in [0.2, 0.25) is 0 Å². The number of hydrogen-bond acceptors (Lipinski definition) is 2. The Morgan fingerprint density at radius 2 is 1.95 bits per heavy atom. The summed E-state index contributed by atoms with van der Waals surface area (Å²) in [5.41, 5.74) is 0.105. The van der Waals surface area contributed by atoms with E-state index in [9.17, 15) is 13.6 Å². The number of hydrogen-bond donors (Lipinski definition) is 1. The molecule has 0 amide bonds. The summed E-state index contributed by atoms with van der Waals surface area (Å²) < 4.78 is 31.6. The number of rotatable bonds is 4. The highest BCUT2D eigenvalue weighted by molar-refractivity contribution is 6.31. The monoisotopic (exact) mass is 298 g/mol. The van der Waals surface area contributed by atoms with E-state index < -0.39 is 23.2 Å². The molecule has 0 atom stereocenters. The zero-order chi connectivity index (χ0) is 14.7. The second-order valence-electron chi connectivity index (χ2n) is 3.97. The number of halogens is 3. The minimum absolute atomic E-state index is 0.0188. The van der Waals surface area contributed by atoms with Crippen LogP contribution in [0.3, 0.4) is 0 Å². The van der Waals surface area contributed by atoms with Gasteiger partial charge in [-0.25, -0.2) is 13.6 Å². The van der Waals surface area contributed by atoms with Gasteiger partial charge < -0.3 is 9.84 Å². The molecule has 104 valence electrons. The molecule has 0 radical (unpaired) electrons. The molecule has 6 heteroatoms. The quantitative estimate of drug-likeness (QED) is 0.931. The normalized spacial score (nSPS) is 10.3. The lowest BCUT2D eigenvalue weighted by Crippen LogP contribution is -2.02. The minimum Gasteiger partial charge on any atom is -0.489 e. The van der Waals surface area contributed by atoms with Crippen LogP contribution in [0.2, 0.25) is 5.02 Å². The summed E-state index contributed by atoms with van der Waals surface area (Å²) in [4.78, 5) is 10.7. The van der Waals surface area contributed by atoms with Gasteiger partial charge >= 0.3 is 5.97 Å². The van der Waals surface area contributed by atoms with Crippen molar-refractivity contribution in [2.45, 2.75) is 6.61 Å². The molecule has 2 rings (SSSR count). The van der Waals surface area contributed by atoms with Gasteiger partial charge in [-0.2, -0.15) is 0 Å². The molecule has 0 aliphatic rings. The Morgan fingerprint density at radius 1 is 1.20 bits per heavy atom. The maximum absolute atomic E-state index is 13.4. The van der Waals surface area contributed by atoms with Crippen LogP contribution in [0, 0.1) is 11.6 Å². The molecule has 2 aromatic rings. The minimum atomic E-state index is -1.35. The molecule has 0 fully saturated rings. The summed E-state index contributed by atoms with van der Waals surface area (Å²) in [6.45, 7) is 0.0188. The van der Waals surface area contributed by atoms with Crippen molar-refractivity contribution in [3.63, 3.8) is 0 Å². The predicted molar refractivity (Wildman–Crippen MR) is 69.1 cm³/mol. The molecule has 0 unspecified atom stereocenters. The predicted octanol–water partition coefficient (Wildman–Crippen LogP) is 3.90. The van der Waals surface area contributed by atoms with E-state index >= 15 is 0 Å². The number of carboxylic acid groups (broad SMARTS) is 1. The average Bonchev–Trinajstić information content (AvgIpc) is 2.37. The summed E-state index contributed by atoms with van der Waals surface area (Å²) in [6.07, 6.45) is 0. The molecule has 1 N–H and O–H groups in total. The van der Waals surface area contributed by atoms with Crippen LogP contribution in [-0.2, 0) is 6.61 Å². The first-order chi connectivity index (χ1) is 9.47. The van der Waals surface area contributed by atoms with Crippen molar-refractivity contribution in [2.75, 3.05) is 0 Å². The zero-order valence-corrected chi connectivity index (χ0v) is 10.8. The third-order valence-electron chi connectivity index (χ3n) is 2.58. The van der Waals surface area contributed by atoms with Crippen LogP contribution in [0.4, 0.5) is 8.78 Å². The Morgan fingerprint density at radius 3 is 2.55 bits per heavy atom. The van der Waals surface area contributed by atoms with Gasteiger partial charge in [0.25, 0.3) is 0 Å². The topological polar surface area (TPSA) is 46.5 Å². The molecule has 20 heavy (non-hydrogen) atoms. The summed E-state index contributed by atoms with van der Waals surface area (Å²) in [7, 11) is 0. The molecular formula is C14H9ClF2O3. The van der Waals surface area contributed by atoms with E-state index in [1.807, 2.05) is 0 Å². The fourth-order valence-corrected chi connectivity index (χ4v) is 1.78. The van der Waals surface area contributed by atoms with Gasteiger partial charge in [0.1, 0.15) is 24.0 Å². The van der Waals surface area contributed by atoms with Gasteiger partial charge in [-0.15, -0.1) is 0 Å². The maximum atomic E-state index is 13.4. The van der Waals surface area contributed by atoms with E-state index in [1.54, 1.807) is 0 Å². The number of aromatic carboxylic acids is 1. The van der Waals surface area contributed by atoms with Crippen LogP contribution in [0.15, 0.2) is 36.4 Å². The van der Waals surface area contributed by atoms with E-state index in [4.69, 9.17) is 21.4 Å². The standard InChI is InChI=1S/C14H9ClF2O3/c15-12-5-9(16)2-1-8(12)7-20-10-3-4-11(14(18)19)13(17)6-10/h1-6H,7H2,(H,18,19). The lowest BCUT2D eigenvalue weighted by atomic mass is 10.2. The third-order valence-corrected chi connectivity index (χ3v) is 2.93. The van der Waals surface area contributed by atoms with Gasteiger partial charge in [0.05, 0.1) is 10.6 Å². The van der Waals surface area contributed by atoms with Crippen molar-refractivity contribution in [1.29, 1.82) is 0 Å². The van der Waals surface area contributed by atoms with Gasteiger partial charge in [0.15, 0.2) is 0 Å². The van der Waals surface area contributed by atoms with Crippen molar-refractivity contribution >= 4 is 17.6 Å². The van der Waals surface area contributed by atoms with Crippen molar-refractivity contribution in [3.05, 3.63) is 64.2 Å². The van der Waals surface area contributed by atoms with E-state index in [1.165, 1.54) is 18.2 Å². The molecule has 0 heterocycles. The third kappa shape index (κ3) is 3.24. The van der Waals surface area contributed by atoms with Crippen LogP contribution in [-0.4, -0.2) is 11.1 Å². The van der Waals surface area contributed by atoms with Crippen LogP contribution >= 0.6 is 11.6 Å². The number of ether oxygens (including phenoxy) is 1. The van der Waals surface area contributed by atoms with Crippen molar-refractivity contribution in [2.24, 2.45) is 0 Å². The molecule has 0 bridgehead atoms. The first-order valence-corrected chi connectivity index (χ1v) is 5.95. The summed E-state index contributed by atoms with van der Waals surface area (Å²) in [6, 6.07) is 7.26. The van der Waals surface area contributed by atoms with Gasteiger partial charge in [-0.3, -0.25) is 0 Å². The molecule has 0 spiro atoms. The van der Waals surface area contributed by atoms with E-state index in [-0.39, 0.29) is 17.4 Å². The second-order valence-corrected chi connectivity index (χ2v) is 4.38. The van der Waals surface area contributed by atoms with Gasteiger partial charge in [0, 0.05) is 11.6 Å². The second kappa shape index (κ2) is 5.88. The molecule has 0 aliphatic heterocycles. The largest absolute Gasteiger partial charge is 0.489 e. The van der Waals surface area contributed by atoms with E-state index in [0.717, 1.165) is 18.2 Å². The Balaban J connectivity index is 2.11. The summed E-state index contributed by atoms with van der Waals surface area (Å²) in [5, 5.41) is 8.89. The van der Waals surface area contributed by atoms with Crippen LogP contribution < -0.4 is 4.74 Å². The SMILES string of the molecule is O=C(O)c1ccc(OCc2ccc(F)cc2Cl)cc1F. The fourth-order valence-electron chi connectivity index (χ4n) is 1.56. The lowest BCUT2D eigenvalue weighted by molar-refractivity contribution is 0.0692. The van der Waals surface area contributed by atoms with E-state index in [2.05, 4.69) is 0 Å². The maximum Gasteiger partial charge on any atom is 0.338 e. The molecule has 0 saturated heterocycles. The highest BCUT2D eigenvalue weighted by Crippen LogP contribution is 2.21. The number of carbonyl (C=O) groups is 1. The first kappa shape index (κ1) is 14.3. The molecular weight excluding hydrogens is 290 g/mol. The van der Waals surface area contributed by atoms with Crippen LogP contribution in [0.1, 0.15) is 15.9 Å². The van der Waals surface area contributed by atoms with Crippen LogP contribution in [0.25, 0.3) is 0 Å².